The fraction of sp³-hybridized carbons (Fsp3) is 0.0714. The van der Waals surface area contributed by atoms with Gasteiger partial charge in [-0.05, 0) is 18.2 Å². The molecule has 0 saturated carbocycles. The number of hydrogen-bond donors (Lipinski definition) is 1. The molecule has 0 aromatic heterocycles. The second-order valence-corrected chi connectivity index (χ2v) is 3.84. The highest BCUT2D eigenvalue weighted by Crippen LogP contribution is 2.18. The van der Waals surface area contributed by atoms with Gasteiger partial charge in [0.25, 0.3) is 0 Å². The Bertz CT molecular complexity index is 691. The minimum absolute atomic E-state index is 0.0562. The Morgan fingerprint density at radius 3 is 2.32 bits per heavy atom. The smallest absolute Gasteiger partial charge is 0.341 e. The molecule has 0 saturated heterocycles. The summed E-state index contributed by atoms with van der Waals surface area (Å²) in [6.07, 6.45) is 0. The zero-order valence-corrected chi connectivity index (χ0v) is 11.3. The summed E-state index contributed by atoms with van der Waals surface area (Å²) in [5.41, 5.74) is -0.653. The van der Waals surface area contributed by atoms with E-state index in [0.717, 1.165) is 18.2 Å². The summed E-state index contributed by atoms with van der Waals surface area (Å²) < 4.78 is 29.1. The van der Waals surface area contributed by atoms with E-state index in [-0.39, 0.29) is 11.3 Å². The lowest BCUT2D eigenvalue weighted by atomic mass is 10.2. The zero-order valence-electron chi connectivity index (χ0n) is 11.3. The monoisotopic (exact) mass is 311 g/mol. The van der Waals surface area contributed by atoms with E-state index in [1.54, 1.807) is 12.1 Å². The van der Waals surface area contributed by atoms with Crippen molar-refractivity contribution >= 4 is 11.7 Å². The molecule has 2 aromatic rings. The standard InChI is InChI=1S/C8H8O3.C6H3F2NO2/c1-11-8(10)6-4-2-3-5-7(6)9;7-4-2-1-3-5(6(4)8)9(10)11/h2-5,9H,1H3;1-3H. The summed E-state index contributed by atoms with van der Waals surface area (Å²) in [5, 5.41) is 19.1. The van der Waals surface area contributed by atoms with E-state index in [4.69, 9.17) is 5.11 Å². The minimum atomic E-state index is -1.42. The van der Waals surface area contributed by atoms with E-state index < -0.39 is 28.2 Å². The van der Waals surface area contributed by atoms with Gasteiger partial charge in [0, 0.05) is 6.07 Å². The maximum Gasteiger partial charge on any atom is 0.341 e. The van der Waals surface area contributed by atoms with E-state index in [0.29, 0.717) is 0 Å². The molecule has 116 valence electrons. The molecule has 8 heteroatoms. The minimum Gasteiger partial charge on any atom is -0.507 e. The number of para-hydroxylation sites is 1. The highest BCUT2D eigenvalue weighted by atomic mass is 19.2. The number of benzene rings is 2. The number of aromatic hydroxyl groups is 1. The molecule has 0 amide bonds. The van der Waals surface area contributed by atoms with E-state index in [9.17, 15) is 23.7 Å². The van der Waals surface area contributed by atoms with Crippen LogP contribution in [0.15, 0.2) is 42.5 Å². The first-order chi connectivity index (χ1) is 10.4. The van der Waals surface area contributed by atoms with Gasteiger partial charge in [0.05, 0.1) is 12.0 Å². The third-order valence-electron chi connectivity index (χ3n) is 2.44. The van der Waals surface area contributed by atoms with Crippen LogP contribution in [0.25, 0.3) is 0 Å². The quantitative estimate of drug-likeness (QED) is 0.523. The number of ether oxygens (including phenoxy) is 1. The number of rotatable bonds is 2. The average molecular weight is 311 g/mol. The molecule has 6 nitrogen and oxygen atoms in total. The van der Waals surface area contributed by atoms with Gasteiger partial charge in [-0.3, -0.25) is 10.1 Å². The molecule has 2 rings (SSSR count). The van der Waals surface area contributed by atoms with Crippen molar-refractivity contribution in [2.24, 2.45) is 0 Å². The van der Waals surface area contributed by atoms with Gasteiger partial charge in [-0.1, -0.05) is 18.2 Å². The topological polar surface area (TPSA) is 89.7 Å². The third kappa shape index (κ3) is 4.23. The molecule has 0 atom stereocenters. The number of nitro groups is 1. The molecule has 22 heavy (non-hydrogen) atoms. The molecule has 0 aliphatic carbocycles. The molecule has 1 N–H and O–H groups in total. The normalized spacial score (nSPS) is 9.41. The second kappa shape index (κ2) is 7.67. The molecular formula is C14H11F2NO5. The van der Waals surface area contributed by atoms with Crippen LogP contribution in [-0.2, 0) is 4.74 Å². The van der Waals surface area contributed by atoms with E-state index in [2.05, 4.69) is 4.74 Å². The lowest BCUT2D eigenvalue weighted by molar-refractivity contribution is -0.387. The van der Waals surface area contributed by atoms with Crippen molar-refractivity contribution in [2.45, 2.75) is 0 Å². The van der Waals surface area contributed by atoms with Crippen LogP contribution in [0.4, 0.5) is 14.5 Å². The van der Waals surface area contributed by atoms with Crippen LogP contribution in [0.3, 0.4) is 0 Å². The summed E-state index contributed by atoms with van der Waals surface area (Å²) in [7, 11) is 1.27. The van der Waals surface area contributed by atoms with Crippen molar-refractivity contribution in [3.05, 3.63) is 69.8 Å². The van der Waals surface area contributed by atoms with Gasteiger partial charge in [0.1, 0.15) is 11.3 Å². The lowest BCUT2D eigenvalue weighted by Crippen LogP contribution is -2.00. The van der Waals surface area contributed by atoms with E-state index in [1.165, 1.54) is 19.2 Å². The largest absolute Gasteiger partial charge is 0.507 e. The zero-order chi connectivity index (χ0) is 16.7. The molecule has 0 heterocycles. The summed E-state index contributed by atoms with van der Waals surface area (Å²) in [6, 6.07) is 9.04. The van der Waals surface area contributed by atoms with Crippen LogP contribution in [0.2, 0.25) is 0 Å². The summed E-state index contributed by atoms with van der Waals surface area (Å²) in [4.78, 5) is 19.9. The number of esters is 1. The molecule has 0 aliphatic rings. The van der Waals surface area contributed by atoms with Crippen LogP contribution in [-0.4, -0.2) is 23.1 Å². The van der Waals surface area contributed by atoms with Crippen LogP contribution >= 0.6 is 0 Å². The fourth-order valence-electron chi connectivity index (χ4n) is 1.39. The van der Waals surface area contributed by atoms with Crippen LogP contribution in [0.5, 0.6) is 5.75 Å². The Kier molecular flexibility index (Phi) is 5.94. The summed E-state index contributed by atoms with van der Waals surface area (Å²) in [6.45, 7) is 0. The van der Waals surface area contributed by atoms with Gasteiger partial charge >= 0.3 is 11.7 Å². The first-order valence-electron chi connectivity index (χ1n) is 5.83. The molecule has 0 aliphatic heterocycles. The maximum absolute atomic E-state index is 12.4. The Morgan fingerprint density at radius 2 is 1.82 bits per heavy atom. The van der Waals surface area contributed by atoms with Crippen molar-refractivity contribution in [3.63, 3.8) is 0 Å². The average Bonchev–Trinajstić information content (AvgIpc) is 2.50. The van der Waals surface area contributed by atoms with E-state index in [1.807, 2.05) is 0 Å². The van der Waals surface area contributed by atoms with Crippen molar-refractivity contribution in [3.8, 4) is 5.75 Å². The number of carbonyl (C=O) groups is 1. The van der Waals surface area contributed by atoms with Crippen molar-refractivity contribution < 1.29 is 28.3 Å². The van der Waals surface area contributed by atoms with Crippen molar-refractivity contribution in [2.75, 3.05) is 7.11 Å². The Hall–Kier alpha value is -3.03. The predicted molar refractivity (Wildman–Crippen MR) is 72.5 cm³/mol. The first kappa shape index (κ1) is 17.0. The Labute approximate surface area is 123 Å². The van der Waals surface area contributed by atoms with Crippen molar-refractivity contribution in [1.82, 2.24) is 0 Å². The van der Waals surface area contributed by atoms with Crippen LogP contribution < -0.4 is 0 Å². The molecule has 0 bridgehead atoms. The molecule has 2 aromatic carbocycles. The number of phenols is 1. The molecular weight excluding hydrogens is 300 g/mol. The number of hydrogen-bond acceptors (Lipinski definition) is 5. The van der Waals surface area contributed by atoms with Gasteiger partial charge in [-0.2, -0.15) is 4.39 Å². The number of carbonyl (C=O) groups excluding carboxylic acids is 1. The highest BCUT2D eigenvalue weighted by Gasteiger charge is 2.16. The van der Waals surface area contributed by atoms with Gasteiger partial charge < -0.3 is 9.84 Å². The van der Waals surface area contributed by atoms with Gasteiger partial charge in [0.15, 0.2) is 5.82 Å². The molecule has 0 radical (unpaired) electrons. The summed E-state index contributed by atoms with van der Waals surface area (Å²) >= 11 is 0. The Balaban J connectivity index is 0.000000220. The fourth-order valence-corrected chi connectivity index (χ4v) is 1.39. The molecule has 0 unspecified atom stereocenters. The molecule has 0 spiro atoms. The first-order valence-corrected chi connectivity index (χ1v) is 5.83. The second-order valence-electron chi connectivity index (χ2n) is 3.84. The van der Waals surface area contributed by atoms with E-state index >= 15 is 0 Å². The number of phenolic OH excluding ortho intramolecular Hbond substituents is 1. The third-order valence-corrected chi connectivity index (χ3v) is 2.44. The van der Waals surface area contributed by atoms with Crippen LogP contribution in [0, 0.1) is 21.7 Å². The Morgan fingerprint density at radius 1 is 1.18 bits per heavy atom. The number of methoxy groups -OCH3 is 1. The van der Waals surface area contributed by atoms with Gasteiger partial charge in [0.2, 0.25) is 5.82 Å². The van der Waals surface area contributed by atoms with Gasteiger partial charge in [-0.25, -0.2) is 9.18 Å². The molecule has 0 fully saturated rings. The van der Waals surface area contributed by atoms with Gasteiger partial charge in [-0.15, -0.1) is 0 Å². The lowest BCUT2D eigenvalue weighted by Gasteiger charge is -1.99. The number of nitro benzene ring substituents is 1. The number of nitrogens with zero attached hydrogens (tertiary/aromatic N) is 1. The number of halogens is 2. The SMILES string of the molecule is COC(=O)c1ccccc1O.O=[N+]([O-])c1cccc(F)c1F. The maximum atomic E-state index is 12.4. The van der Waals surface area contributed by atoms with Crippen molar-refractivity contribution in [1.29, 1.82) is 0 Å². The predicted octanol–water partition coefficient (Wildman–Crippen LogP) is 3.05. The summed E-state index contributed by atoms with van der Waals surface area (Å²) in [5.74, 6) is -3.21. The highest BCUT2D eigenvalue weighted by molar-refractivity contribution is 5.92. The van der Waals surface area contributed by atoms with Crippen LogP contribution in [0.1, 0.15) is 10.4 Å².